The number of aliphatic imine (C=N–C) groups is 2. The van der Waals surface area contributed by atoms with Crippen molar-refractivity contribution in [3.63, 3.8) is 0 Å². The molecule has 71 heavy (non-hydrogen) atoms. The first-order chi connectivity index (χ1) is 34.7. The van der Waals surface area contributed by atoms with Gasteiger partial charge in [-0.2, -0.15) is 0 Å². The van der Waals surface area contributed by atoms with Gasteiger partial charge in [0.15, 0.2) is 23.6 Å². The molecule has 4 aliphatic carbocycles. The number of phenols is 1. The van der Waals surface area contributed by atoms with Crippen molar-refractivity contribution in [3.8, 4) is 28.5 Å². The number of anilines is 1. The molecule has 4 aromatic carbocycles. The Bertz CT molecular complexity index is 2840. The summed E-state index contributed by atoms with van der Waals surface area (Å²) in [4.78, 5) is 37.2. The minimum atomic E-state index is -0.858. The van der Waals surface area contributed by atoms with E-state index in [0.29, 0.717) is 53.7 Å². The number of carbonyl (C=O) groups excluding carboxylic acids is 1. The Morgan fingerprint density at radius 3 is 1.99 bits per heavy atom. The maximum absolute atomic E-state index is 13.3. The van der Waals surface area contributed by atoms with Crippen LogP contribution in [-0.2, 0) is 9.53 Å². The Kier molecular flexibility index (Phi) is 15.9. The molecule has 13 heteroatoms. The van der Waals surface area contributed by atoms with Crippen LogP contribution in [0.3, 0.4) is 0 Å². The molecule has 13 nitrogen and oxygen atoms in total. The minimum Gasteiger partial charge on any atom is -0.507 e. The maximum atomic E-state index is 13.3. The summed E-state index contributed by atoms with van der Waals surface area (Å²) in [7, 11) is 0. The number of aryl methyl sites for hydroxylation is 2. The number of aromatic hydroxyl groups is 1. The minimum absolute atomic E-state index is 0.0182. The molecule has 2 unspecified atom stereocenters. The van der Waals surface area contributed by atoms with E-state index >= 15 is 0 Å². The van der Waals surface area contributed by atoms with Gasteiger partial charge in [-0.1, -0.05) is 129 Å². The number of ether oxygens (including phenoxy) is 1. The molecule has 5 aliphatic rings. The monoisotopic (exact) mass is 952 g/mol. The number of aliphatic hydroxyl groups excluding tert-OH is 2. The fourth-order valence-corrected chi connectivity index (χ4v) is 9.80. The van der Waals surface area contributed by atoms with Crippen LogP contribution >= 0.6 is 0 Å². The number of benzene rings is 4. The molecule has 10 rings (SSSR count). The fraction of sp³-hybridized carbons (Fsp3) is 0.345. The molecule has 0 saturated heterocycles. The van der Waals surface area contributed by atoms with Gasteiger partial charge in [-0.25, -0.2) is 24.9 Å². The van der Waals surface area contributed by atoms with Crippen molar-refractivity contribution in [3.05, 3.63) is 166 Å². The average Bonchev–Trinajstić information content (AvgIpc) is 3.39. The summed E-state index contributed by atoms with van der Waals surface area (Å²) in [6, 6.07) is 31.0. The number of hydrogen-bond donors (Lipinski definition) is 6. The number of phenolic OH excluding ortho intramolecular Hbond substituents is 1. The number of amides is 1. The Balaban J connectivity index is 0.000000192. The summed E-state index contributed by atoms with van der Waals surface area (Å²) < 4.78 is 6.17. The van der Waals surface area contributed by atoms with E-state index < -0.39 is 12.3 Å². The van der Waals surface area contributed by atoms with Gasteiger partial charge in [-0.3, -0.25) is 4.79 Å². The van der Waals surface area contributed by atoms with Crippen LogP contribution in [0.25, 0.3) is 28.3 Å². The SMILES string of the molecule is Cc1cccc(-c2nc(C3=C(O)C=CCC3O)nc(-c3cccc(C)c3)n2)c1.O=C(NC1=C(C2N=C(c3ccccc3O)NC(c3ccccc3NCOC3CCCCC3)=N2)C=CCC1)C1CCCCC1. The largest absolute Gasteiger partial charge is 0.507 e. The normalized spacial score (nSPS) is 19.5. The zero-order valence-corrected chi connectivity index (χ0v) is 40.7. The Morgan fingerprint density at radius 1 is 0.704 bits per heavy atom. The highest BCUT2D eigenvalue weighted by atomic mass is 16.5. The predicted molar refractivity (Wildman–Crippen MR) is 281 cm³/mol. The Labute approximate surface area is 416 Å². The fourth-order valence-electron chi connectivity index (χ4n) is 9.80. The molecule has 2 heterocycles. The first-order valence-electron chi connectivity index (χ1n) is 25.2. The van der Waals surface area contributed by atoms with Gasteiger partial charge in [0.05, 0.1) is 23.3 Å². The molecule has 2 fully saturated rings. The summed E-state index contributed by atoms with van der Waals surface area (Å²) >= 11 is 0. The predicted octanol–water partition coefficient (Wildman–Crippen LogP) is 10.9. The van der Waals surface area contributed by atoms with Gasteiger partial charge in [0.2, 0.25) is 5.91 Å². The number of nitrogens with one attached hydrogen (secondary N) is 3. The van der Waals surface area contributed by atoms with Crippen LogP contribution in [0, 0.1) is 19.8 Å². The molecule has 366 valence electrons. The summed E-state index contributed by atoms with van der Waals surface area (Å²) in [6.45, 7) is 4.44. The second-order valence-corrected chi connectivity index (χ2v) is 19.0. The Morgan fingerprint density at radius 2 is 1.32 bits per heavy atom. The van der Waals surface area contributed by atoms with Crippen molar-refractivity contribution < 1.29 is 24.9 Å². The van der Waals surface area contributed by atoms with E-state index in [-0.39, 0.29) is 29.2 Å². The van der Waals surface area contributed by atoms with E-state index in [1.54, 1.807) is 24.3 Å². The van der Waals surface area contributed by atoms with Crippen LogP contribution in [0.15, 0.2) is 148 Å². The van der Waals surface area contributed by atoms with Crippen molar-refractivity contribution in [1.82, 2.24) is 25.6 Å². The topological polar surface area (TPSA) is 186 Å². The highest BCUT2D eigenvalue weighted by Crippen LogP contribution is 2.32. The van der Waals surface area contributed by atoms with Crippen molar-refractivity contribution >= 4 is 28.8 Å². The summed E-state index contributed by atoms with van der Waals surface area (Å²) in [5.41, 5.74) is 8.40. The lowest BCUT2D eigenvalue weighted by atomic mass is 9.88. The van der Waals surface area contributed by atoms with Gasteiger partial charge in [0.1, 0.15) is 29.9 Å². The van der Waals surface area contributed by atoms with E-state index in [9.17, 15) is 20.1 Å². The molecule has 0 spiro atoms. The van der Waals surface area contributed by atoms with Crippen molar-refractivity contribution in [2.24, 2.45) is 15.9 Å². The number of aromatic nitrogens is 3. The number of hydrogen-bond acceptors (Lipinski definition) is 12. The molecule has 6 N–H and O–H groups in total. The zero-order chi connectivity index (χ0) is 49.1. The summed E-state index contributed by atoms with van der Waals surface area (Å²) in [5.74, 6) is 2.77. The number of allylic oxidation sites excluding steroid dienone is 3. The third-order valence-electron chi connectivity index (χ3n) is 13.6. The third-order valence-corrected chi connectivity index (χ3v) is 13.6. The molecular weight excluding hydrogens is 889 g/mol. The van der Waals surface area contributed by atoms with Crippen LogP contribution < -0.4 is 16.0 Å². The van der Waals surface area contributed by atoms with E-state index in [4.69, 9.17) is 14.7 Å². The van der Waals surface area contributed by atoms with Gasteiger partial charge in [-0.05, 0) is 101 Å². The molecule has 2 atom stereocenters. The van der Waals surface area contributed by atoms with Gasteiger partial charge >= 0.3 is 0 Å². The first kappa shape index (κ1) is 48.8. The Hall–Kier alpha value is -7.22. The number of rotatable bonds is 12. The maximum Gasteiger partial charge on any atom is 0.227 e. The molecule has 1 aliphatic heterocycles. The van der Waals surface area contributed by atoms with Gasteiger partial charge < -0.3 is 36.0 Å². The standard InChI is InChI=1S/C35H43N5O3.C23H21N3O2/c41-31-22-12-9-19-28(31)34-39-32(26-17-7-10-20-29(26)36-23-43-25-15-5-2-6-16-25)38-33(40-34)27-18-8-11-21-30(27)37-35(42)24-13-3-1-4-14-24;1-14-6-3-8-16(12-14)21-24-22(17-9-4-7-15(2)13-17)26-23(25-21)20-18(27)10-5-11-19(20)28/h7-10,12,17-20,22,24-25,33,36,41H,1-6,11,13-16,21,23H2,(H,37,42)(H,38,39,40);3-10,12-13,19,27-28H,11H2,1-2H3. The molecule has 1 aromatic heterocycles. The zero-order valence-electron chi connectivity index (χ0n) is 40.7. The van der Waals surface area contributed by atoms with Gasteiger partial charge in [-0.15, -0.1) is 0 Å². The van der Waals surface area contributed by atoms with E-state index in [2.05, 4.69) is 37.0 Å². The second-order valence-electron chi connectivity index (χ2n) is 19.0. The first-order valence-corrected chi connectivity index (χ1v) is 25.2. The van der Waals surface area contributed by atoms with Crippen molar-refractivity contribution in [2.75, 3.05) is 12.0 Å². The molecule has 0 bridgehead atoms. The van der Waals surface area contributed by atoms with Crippen molar-refractivity contribution in [1.29, 1.82) is 0 Å². The molecule has 5 aromatic rings. The molecule has 1 amide bonds. The van der Waals surface area contributed by atoms with Crippen LogP contribution in [-0.4, -0.2) is 73.0 Å². The highest BCUT2D eigenvalue weighted by Gasteiger charge is 2.29. The summed E-state index contributed by atoms with van der Waals surface area (Å²) in [5, 5.41) is 41.7. The number of para-hydroxylation sites is 2. The molecular formula is C58H64N8O5. The van der Waals surface area contributed by atoms with Crippen LogP contribution in [0.5, 0.6) is 5.75 Å². The van der Waals surface area contributed by atoms with E-state index in [1.807, 2.05) is 105 Å². The lowest BCUT2D eigenvalue weighted by Gasteiger charge is -2.28. The van der Waals surface area contributed by atoms with Gasteiger partial charge in [0, 0.05) is 39.6 Å². The third kappa shape index (κ3) is 12.2. The quantitative estimate of drug-likeness (QED) is 0.0657. The van der Waals surface area contributed by atoms with Gasteiger partial charge in [0.25, 0.3) is 0 Å². The van der Waals surface area contributed by atoms with Crippen molar-refractivity contribution in [2.45, 2.75) is 116 Å². The smallest absolute Gasteiger partial charge is 0.227 e. The second kappa shape index (κ2) is 23.1. The summed E-state index contributed by atoms with van der Waals surface area (Å²) in [6.07, 6.45) is 19.6. The number of amidine groups is 2. The van der Waals surface area contributed by atoms with Crippen LogP contribution in [0.1, 0.15) is 112 Å². The van der Waals surface area contributed by atoms with E-state index in [0.717, 1.165) is 96.1 Å². The lowest BCUT2D eigenvalue weighted by molar-refractivity contribution is -0.125. The molecule has 2 saturated carbocycles. The van der Waals surface area contributed by atoms with E-state index in [1.165, 1.54) is 25.7 Å². The van der Waals surface area contributed by atoms with Crippen LogP contribution in [0.4, 0.5) is 5.69 Å². The number of carbonyl (C=O) groups is 1. The van der Waals surface area contributed by atoms with Crippen LogP contribution in [0.2, 0.25) is 0 Å². The number of aliphatic hydroxyl groups is 2. The molecule has 0 radical (unpaired) electrons. The highest BCUT2D eigenvalue weighted by molar-refractivity contribution is 6.18. The number of nitrogens with zero attached hydrogens (tertiary/aromatic N) is 5. The average molecular weight is 953 g/mol. The lowest BCUT2D eigenvalue weighted by Crippen LogP contribution is -2.39.